The van der Waals surface area contributed by atoms with E-state index in [4.69, 9.17) is 4.74 Å². The normalized spacial score (nSPS) is 19.3. The highest BCUT2D eigenvalue weighted by atomic mass is 16.5. The van der Waals surface area contributed by atoms with Gasteiger partial charge in [-0.3, -0.25) is 9.88 Å². The van der Waals surface area contributed by atoms with Crippen molar-refractivity contribution in [2.75, 3.05) is 31.6 Å². The summed E-state index contributed by atoms with van der Waals surface area (Å²) in [6.45, 7) is 10.8. The number of hydrogen-bond donors (Lipinski definition) is 1. The second kappa shape index (κ2) is 6.30. The van der Waals surface area contributed by atoms with Crippen LogP contribution in [-0.4, -0.2) is 46.7 Å². The number of rotatable bonds is 5. The van der Waals surface area contributed by atoms with E-state index in [1.165, 1.54) is 0 Å². The number of nitrogens with zero attached hydrogens (tertiary/aromatic N) is 3. The van der Waals surface area contributed by atoms with Crippen molar-refractivity contribution in [2.24, 2.45) is 0 Å². The SMILES string of the molecule is CCCNc1cnc(CN2CCOCC2(C)C)cn1. The maximum absolute atomic E-state index is 5.53. The summed E-state index contributed by atoms with van der Waals surface area (Å²) in [6.07, 6.45) is 4.77. The molecule has 1 aliphatic rings. The molecule has 0 saturated carbocycles. The van der Waals surface area contributed by atoms with Gasteiger partial charge in [-0.1, -0.05) is 6.92 Å². The summed E-state index contributed by atoms with van der Waals surface area (Å²) in [5.74, 6) is 0.854. The molecule has 0 bridgehead atoms. The van der Waals surface area contributed by atoms with Crippen LogP contribution in [0.2, 0.25) is 0 Å². The van der Waals surface area contributed by atoms with Crippen LogP contribution in [0.1, 0.15) is 32.9 Å². The van der Waals surface area contributed by atoms with Gasteiger partial charge in [0.1, 0.15) is 5.82 Å². The van der Waals surface area contributed by atoms with Gasteiger partial charge in [-0.05, 0) is 20.3 Å². The maximum atomic E-state index is 5.53. The Morgan fingerprint density at radius 3 is 2.84 bits per heavy atom. The second-order valence-corrected chi connectivity index (χ2v) is 5.61. The minimum Gasteiger partial charge on any atom is -0.378 e. The number of anilines is 1. The predicted molar refractivity (Wildman–Crippen MR) is 76.1 cm³/mol. The summed E-state index contributed by atoms with van der Waals surface area (Å²) in [5, 5.41) is 3.23. The van der Waals surface area contributed by atoms with Crippen molar-refractivity contribution in [3.8, 4) is 0 Å². The van der Waals surface area contributed by atoms with E-state index >= 15 is 0 Å². The first-order chi connectivity index (χ1) is 9.12. The van der Waals surface area contributed by atoms with Gasteiger partial charge in [0.05, 0.1) is 31.3 Å². The predicted octanol–water partition coefficient (Wildman–Crippen LogP) is 1.91. The molecule has 106 valence electrons. The van der Waals surface area contributed by atoms with Crippen LogP contribution in [0.4, 0.5) is 5.82 Å². The monoisotopic (exact) mass is 264 g/mol. The molecule has 5 nitrogen and oxygen atoms in total. The molecule has 1 N–H and O–H groups in total. The van der Waals surface area contributed by atoms with Gasteiger partial charge in [-0.2, -0.15) is 0 Å². The fourth-order valence-electron chi connectivity index (χ4n) is 2.16. The van der Waals surface area contributed by atoms with Crippen molar-refractivity contribution < 1.29 is 4.74 Å². The third kappa shape index (κ3) is 3.88. The van der Waals surface area contributed by atoms with Crippen LogP contribution in [0.5, 0.6) is 0 Å². The van der Waals surface area contributed by atoms with Crippen molar-refractivity contribution >= 4 is 5.82 Å². The second-order valence-electron chi connectivity index (χ2n) is 5.61. The summed E-state index contributed by atoms with van der Waals surface area (Å²) >= 11 is 0. The number of hydrogen-bond acceptors (Lipinski definition) is 5. The molecular weight excluding hydrogens is 240 g/mol. The van der Waals surface area contributed by atoms with Gasteiger partial charge in [-0.25, -0.2) is 4.98 Å². The molecule has 1 aromatic rings. The van der Waals surface area contributed by atoms with Crippen molar-refractivity contribution in [1.82, 2.24) is 14.9 Å². The van der Waals surface area contributed by atoms with E-state index in [-0.39, 0.29) is 5.54 Å². The van der Waals surface area contributed by atoms with Gasteiger partial charge in [-0.15, -0.1) is 0 Å². The van der Waals surface area contributed by atoms with Crippen LogP contribution in [0.25, 0.3) is 0 Å². The van der Waals surface area contributed by atoms with Gasteiger partial charge in [0, 0.05) is 25.2 Å². The molecule has 0 atom stereocenters. The van der Waals surface area contributed by atoms with Crippen molar-refractivity contribution in [2.45, 2.75) is 39.3 Å². The van der Waals surface area contributed by atoms with E-state index < -0.39 is 0 Å². The molecule has 0 aromatic carbocycles. The molecule has 1 aliphatic heterocycles. The molecule has 0 spiro atoms. The fraction of sp³-hybridized carbons (Fsp3) is 0.714. The van der Waals surface area contributed by atoms with Crippen LogP contribution in [0.15, 0.2) is 12.4 Å². The molecule has 1 aromatic heterocycles. The first-order valence-electron chi connectivity index (χ1n) is 6.99. The lowest BCUT2D eigenvalue weighted by Gasteiger charge is -2.41. The zero-order chi connectivity index (χ0) is 13.7. The number of aromatic nitrogens is 2. The first kappa shape index (κ1) is 14.2. The van der Waals surface area contributed by atoms with E-state index in [9.17, 15) is 0 Å². The topological polar surface area (TPSA) is 50.3 Å². The summed E-state index contributed by atoms with van der Waals surface area (Å²) in [6, 6.07) is 0. The zero-order valence-corrected chi connectivity index (χ0v) is 12.1. The first-order valence-corrected chi connectivity index (χ1v) is 6.99. The van der Waals surface area contributed by atoms with Crippen LogP contribution < -0.4 is 5.32 Å². The smallest absolute Gasteiger partial charge is 0.144 e. The van der Waals surface area contributed by atoms with Gasteiger partial charge in [0.25, 0.3) is 0 Å². The van der Waals surface area contributed by atoms with Crippen molar-refractivity contribution in [3.05, 3.63) is 18.1 Å². The summed E-state index contributed by atoms with van der Waals surface area (Å²) in [7, 11) is 0. The molecule has 5 heteroatoms. The highest BCUT2D eigenvalue weighted by Gasteiger charge is 2.30. The van der Waals surface area contributed by atoms with Gasteiger partial charge in [0.2, 0.25) is 0 Å². The standard InChI is InChI=1S/C14H24N4O/c1-4-5-15-13-9-16-12(8-17-13)10-18-6-7-19-11-14(18,2)3/h8-9H,4-7,10-11H2,1-3H3,(H,15,17). The molecule has 1 fully saturated rings. The van der Waals surface area contributed by atoms with Crippen LogP contribution in [0.3, 0.4) is 0 Å². The van der Waals surface area contributed by atoms with E-state index in [2.05, 4.69) is 41.0 Å². The largest absolute Gasteiger partial charge is 0.378 e. The maximum Gasteiger partial charge on any atom is 0.144 e. The molecular formula is C14H24N4O. The summed E-state index contributed by atoms with van der Waals surface area (Å²) in [5.41, 5.74) is 1.08. The highest BCUT2D eigenvalue weighted by Crippen LogP contribution is 2.20. The lowest BCUT2D eigenvalue weighted by molar-refractivity contribution is -0.0558. The quantitative estimate of drug-likeness (QED) is 0.880. The Bertz CT molecular complexity index is 391. The van der Waals surface area contributed by atoms with Crippen LogP contribution in [0, 0.1) is 0 Å². The Kier molecular flexibility index (Phi) is 4.71. The average molecular weight is 264 g/mol. The third-order valence-corrected chi connectivity index (χ3v) is 3.43. The van der Waals surface area contributed by atoms with Gasteiger partial charge in [0.15, 0.2) is 0 Å². The zero-order valence-electron chi connectivity index (χ0n) is 12.1. The number of morpholine rings is 1. The molecule has 0 amide bonds. The Morgan fingerprint density at radius 2 is 2.21 bits per heavy atom. The van der Waals surface area contributed by atoms with Crippen LogP contribution in [-0.2, 0) is 11.3 Å². The van der Waals surface area contributed by atoms with E-state index in [1.54, 1.807) is 0 Å². The lowest BCUT2D eigenvalue weighted by atomic mass is 10.0. The molecule has 1 saturated heterocycles. The van der Waals surface area contributed by atoms with Gasteiger partial charge >= 0.3 is 0 Å². The summed E-state index contributed by atoms with van der Waals surface area (Å²) < 4.78 is 5.53. The molecule has 0 unspecified atom stereocenters. The Hall–Kier alpha value is -1.20. The summed E-state index contributed by atoms with van der Waals surface area (Å²) in [4.78, 5) is 11.3. The van der Waals surface area contributed by atoms with Gasteiger partial charge < -0.3 is 10.1 Å². The third-order valence-electron chi connectivity index (χ3n) is 3.43. The minimum atomic E-state index is 0.0685. The Balaban J connectivity index is 1.95. The van der Waals surface area contributed by atoms with Crippen molar-refractivity contribution in [1.29, 1.82) is 0 Å². The molecule has 19 heavy (non-hydrogen) atoms. The minimum absolute atomic E-state index is 0.0685. The van der Waals surface area contributed by atoms with E-state index in [0.717, 1.165) is 50.8 Å². The van der Waals surface area contributed by atoms with Crippen LogP contribution >= 0.6 is 0 Å². The number of nitrogens with one attached hydrogen (secondary N) is 1. The highest BCUT2D eigenvalue weighted by molar-refractivity contribution is 5.30. The molecule has 0 aliphatic carbocycles. The molecule has 0 radical (unpaired) electrons. The van der Waals surface area contributed by atoms with E-state index in [0.29, 0.717) is 0 Å². The number of ether oxygens (including phenoxy) is 1. The van der Waals surface area contributed by atoms with Crippen molar-refractivity contribution in [3.63, 3.8) is 0 Å². The Morgan fingerprint density at radius 1 is 1.37 bits per heavy atom. The van der Waals surface area contributed by atoms with E-state index in [1.807, 2.05) is 12.4 Å². The lowest BCUT2D eigenvalue weighted by Crippen LogP contribution is -2.52. The average Bonchev–Trinajstić information content (AvgIpc) is 2.40. The molecule has 2 rings (SSSR count). The fourth-order valence-corrected chi connectivity index (χ4v) is 2.16. The Labute approximate surface area is 115 Å². The molecule has 2 heterocycles.